The van der Waals surface area contributed by atoms with Crippen molar-refractivity contribution >= 4 is 23.9 Å². The van der Waals surface area contributed by atoms with Crippen LogP contribution in [0.25, 0.3) is 0 Å². The number of rotatable bonds is 6. The van der Waals surface area contributed by atoms with Gasteiger partial charge in [0.1, 0.15) is 0 Å². The average Bonchev–Trinajstić information content (AvgIpc) is 3.16. The quantitative estimate of drug-likeness (QED) is 0.817. The zero-order valence-electron chi connectivity index (χ0n) is 11.2. The Labute approximate surface area is 121 Å². The van der Waals surface area contributed by atoms with Crippen molar-refractivity contribution in [3.8, 4) is 11.5 Å². The second-order valence-electron chi connectivity index (χ2n) is 4.86. The van der Waals surface area contributed by atoms with E-state index in [1.54, 1.807) is 0 Å². The van der Waals surface area contributed by atoms with Gasteiger partial charge in [0.25, 0.3) is 0 Å². The van der Waals surface area contributed by atoms with Crippen molar-refractivity contribution in [2.45, 2.75) is 24.7 Å². The van der Waals surface area contributed by atoms with Gasteiger partial charge in [-0.15, -0.1) is 0 Å². The maximum Gasteiger partial charge on any atom is 0.304 e. The number of aldehydes is 1. The van der Waals surface area contributed by atoms with E-state index < -0.39 is 11.4 Å². The molecular weight excluding hydrogens is 284 g/mol. The summed E-state index contributed by atoms with van der Waals surface area (Å²) in [5.74, 6) is -0.251. The van der Waals surface area contributed by atoms with Gasteiger partial charge in [-0.1, -0.05) is 11.6 Å². The van der Waals surface area contributed by atoms with Gasteiger partial charge in [0.15, 0.2) is 17.8 Å². The lowest BCUT2D eigenvalue weighted by molar-refractivity contribution is -0.137. The Balaban J connectivity index is 2.64. The van der Waals surface area contributed by atoms with Gasteiger partial charge in [-0.2, -0.15) is 0 Å². The Morgan fingerprint density at radius 1 is 1.40 bits per heavy atom. The first-order valence-electron chi connectivity index (χ1n) is 6.11. The summed E-state index contributed by atoms with van der Waals surface area (Å²) in [7, 11) is 2.88. The monoisotopic (exact) mass is 298 g/mol. The van der Waals surface area contributed by atoms with Gasteiger partial charge in [0.05, 0.1) is 26.2 Å². The molecule has 0 radical (unpaired) electrons. The third kappa shape index (κ3) is 2.33. The van der Waals surface area contributed by atoms with Crippen LogP contribution in [0.4, 0.5) is 0 Å². The highest BCUT2D eigenvalue weighted by atomic mass is 35.5. The number of methoxy groups -OCH3 is 2. The third-order valence-electron chi connectivity index (χ3n) is 3.63. The molecule has 20 heavy (non-hydrogen) atoms. The predicted molar refractivity (Wildman–Crippen MR) is 73.1 cm³/mol. The van der Waals surface area contributed by atoms with Gasteiger partial charge < -0.3 is 14.6 Å². The van der Waals surface area contributed by atoms with Crippen LogP contribution in [0.1, 0.15) is 35.2 Å². The van der Waals surface area contributed by atoms with Crippen LogP contribution in [0.2, 0.25) is 5.02 Å². The summed E-state index contributed by atoms with van der Waals surface area (Å²) in [4.78, 5) is 22.1. The van der Waals surface area contributed by atoms with Crippen molar-refractivity contribution in [3.63, 3.8) is 0 Å². The first-order chi connectivity index (χ1) is 9.49. The SMILES string of the molecule is COc1c(C=O)cc(Cl)c(C2(CC(=O)O)CC2)c1OC. The zero-order chi connectivity index (χ0) is 14.9. The van der Waals surface area contributed by atoms with Gasteiger partial charge in [-0.05, 0) is 18.9 Å². The molecule has 0 saturated heterocycles. The molecule has 0 aliphatic heterocycles. The van der Waals surface area contributed by atoms with Gasteiger partial charge in [0.2, 0.25) is 0 Å². The second kappa shape index (κ2) is 5.32. The van der Waals surface area contributed by atoms with Crippen molar-refractivity contribution in [2.24, 2.45) is 0 Å². The molecule has 0 unspecified atom stereocenters. The van der Waals surface area contributed by atoms with Crippen molar-refractivity contribution in [2.75, 3.05) is 14.2 Å². The number of carboxylic acids is 1. The fraction of sp³-hybridized carbons (Fsp3) is 0.429. The number of halogens is 1. The minimum Gasteiger partial charge on any atom is -0.492 e. The largest absolute Gasteiger partial charge is 0.492 e. The summed E-state index contributed by atoms with van der Waals surface area (Å²) in [6, 6.07) is 1.49. The van der Waals surface area contributed by atoms with Crippen molar-refractivity contribution in [1.29, 1.82) is 0 Å². The summed E-state index contributed by atoms with van der Waals surface area (Å²) in [5, 5.41) is 9.40. The smallest absolute Gasteiger partial charge is 0.304 e. The number of carbonyl (C=O) groups excluding carboxylic acids is 1. The van der Waals surface area contributed by atoms with E-state index in [1.807, 2.05) is 0 Å². The lowest BCUT2D eigenvalue weighted by Gasteiger charge is -2.21. The molecule has 1 aromatic carbocycles. The molecule has 1 fully saturated rings. The average molecular weight is 299 g/mol. The molecule has 5 nitrogen and oxygen atoms in total. The van der Waals surface area contributed by atoms with Crippen LogP contribution >= 0.6 is 11.6 Å². The van der Waals surface area contributed by atoms with E-state index in [1.165, 1.54) is 20.3 Å². The highest BCUT2D eigenvalue weighted by Crippen LogP contribution is 2.58. The van der Waals surface area contributed by atoms with Gasteiger partial charge in [-0.25, -0.2) is 0 Å². The van der Waals surface area contributed by atoms with Crippen LogP contribution in [0, 0.1) is 0 Å². The topological polar surface area (TPSA) is 72.8 Å². The van der Waals surface area contributed by atoms with E-state index in [-0.39, 0.29) is 12.0 Å². The molecule has 0 heterocycles. The second-order valence-corrected chi connectivity index (χ2v) is 5.27. The third-order valence-corrected chi connectivity index (χ3v) is 3.92. The van der Waals surface area contributed by atoms with E-state index in [0.717, 1.165) is 12.8 Å². The zero-order valence-corrected chi connectivity index (χ0v) is 12.0. The predicted octanol–water partition coefficient (Wildman–Crippen LogP) is 2.68. The lowest BCUT2D eigenvalue weighted by atomic mass is 9.90. The van der Waals surface area contributed by atoms with Gasteiger partial charge >= 0.3 is 5.97 Å². The fourth-order valence-electron chi connectivity index (χ4n) is 2.57. The standard InChI is InChI=1S/C14H15ClO5/c1-19-12-8(7-16)5-9(15)11(13(12)20-2)14(3-4-14)6-10(17)18/h5,7H,3-4,6H2,1-2H3,(H,17,18). The van der Waals surface area contributed by atoms with Crippen molar-refractivity contribution < 1.29 is 24.2 Å². The molecule has 6 heteroatoms. The Bertz CT molecular complexity index is 563. The summed E-state index contributed by atoms with van der Waals surface area (Å²) >= 11 is 6.24. The summed E-state index contributed by atoms with van der Waals surface area (Å²) < 4.78 is 10.6. The maximum atomic E-state index is 11.1. The summed E-state index contributed by atoms with van der Waals surface area (Å²) in [6.07, 6.45) is 2.05. The van der Waals surface area contributed by atoms with E-state index in [9.17, 15) is 9.59 Å². The van der Waals surface area contributed by atoms with Crippen LogP contribution in [0.5, 0.6) is 11.5 Å². The highest BCUT2D eigenvalue weighted by molar-refractivity contribution is 6.32. The molecule has 1 aromatic rings. The van der Waals surface area contributed by atoms with Crippen LogP contribution < -0.4 is 9.47 Å². The molecule has 2 rings (SSSR count). The van der Waals surface area contributed by atoms with E-state index >= 15 is 0 Å². The van der Waals surface area contributed by atoms with Gasteiger partial charge in [-0.3, -0.25) is 9.59 Å². The first-order valence-corrected chi connectivity index (χ1v) is 6.49. The Kier molecular flexibility index (Phi) is 3.90. The highest BCUT2D eigenvalue weighted by Gasteiger charge is 2.50. The van der Waals surface area contributed by atoms with Crippen LogP contribution in [0.3, 0.4) is 0 Å². The van der Waals surface area contributed by atoms with Crippen LogP contribution in [-0.4, -0.2) is 31.6 Å². The Morgan fingerprint density at radius 3 is 2.40 bits per heavy atom. The number of carboxylic acid groups (broad SMARTS) is 1. The van der Waals surface area contributed by atoms with E-state index in [2.05, 4.69) is 0 Å². The molecule has 0 spiro atoms. The normalized spacial score (nSPS) is 15.6. The Hall–Kier alpha value is -1.75. The lowest BCUT2D eigenvalue weighted by Crippen LogP contribution is -2.16. The van der Waals surface area contributed by atoms with Gasteiger partial charge in [0, 0.05) is 16.0 Å². The number of hydrogen-bond donors (Lipinski definition) is 1. The van der Waals surface area contributed by atoms with Crippen LogP contribution in [0.15, 0.2) is 6.07 Å². The van der Waals surface area contributed by atoms with Crippen molar-refractivity contribution in [1.82, 2.24) is 0 Å². The molecule has 0 aromatic heterocycles. The Morgan fingerprint density at radius 2 is 2.00 bits per heavy atom. The molecule has 0 atom stereocenters. The number of ether oxygens (including phenoxy) is 2. The van der Waals surface area contributed by atoms with E-state index in [0.29, 0.717) is 28.4 Å². The fourth-order valence-corrected chi connectivity index (χ4v) is 2.97. The summed E-state index contributed by atoms with van der Waals surface area (Å²) in [6.45, 7) is 0. The molecule has 108 valence electrons. The maximum absolute atomic E-state index is 11.1. The number of carbonyl (C=O) groups is 2. The number of benzene rings is 1. The minimum absolute atomic E-state index is 0.0212. The first kappa shape index (κ1) is 14.7. The molecule has 0 bridgehead atoms. The molecule has 1 aliphatic rings. The van der Waals surface area contributed by atoms with E-state index in [4.69, 9.17) is 26.2 Å². The van der Waals surface area contributed by atoms with Crippen LogP contribution in [-0.2, 0) is 10.2 Å². The summed E-state index contributed by atoms with van der Waals surface area (Å²) in [5.41, 5.74) is 0.374. The molecule has 1 saturated carbocycles. The minimum atomic E-state index is -0.890. The molecule has 1 aliphatic carbocycles. The number of hydrogen-bond acceptors (Lipinski definition) is 4. The molecule has 1 N–H and O–H groups in total. The van der Waals surface area contributed by atoms with Crippen molar-refractivity contribution in [3.05, 3.63) is 22.2 Å². The molecule has 0 amide bonds. The molecular formula is C14H15ClO5. The number of aliphatic carboxylic acids is 1.